The van der Waals surface area contributed by atoms with Crippen LogP contribution in [0.3, 0.4) is 0 Å². The third-order valence-corrected chi connectivity index (χ3v) is 4.35. The summed E-state index contributed by atoms with van der Waals surface area (Å²) in [4.78, 5) is 2.51. The average molecular weight is 355 g/mol. The van der Waals surface area contributed by atoms with Crippen LogP contribution < -0.4 is 5.32 Å². The normalized spacial score (nSPS) is 18.6. The van der Waals surface area contributed by atoms with Crippen molar-refractivity contribution in [3.05, 3.63) is 52.8 Å². The van der Waals surface area contributed by atoms with Crippen LogP contribution in [-0.2, 0) is 13.1 Å². The Hall–Kier alpha value is -1.07. The van der Waals surface area contributed by atoms with Gasteiger partial charge in [0.2, 0.25) is 0 Å². The van der Waals surface area contributed by atoms with Crippen LogP contribution in [0.4, 0.5) is 0 Å². The van der Waals surface area contributed by atoms with E-state index in [-0.39, 0.29) is 12.4 Å². The van der Waals surface area contributed by atoms with E-state index in [2.05, 4.69) is 40.6 Å². The molecule has 2 aromatic rings. The molecule has 0 bridgehead atoms. The van der Waals surface area contributed by atoms with Gasteiger partial charge in [0.15, 0.2) is 0 Å². The van der Waals surface area contributed by atoms with Crippen LogP contribution in [0.15, 0.2) is 36.7 Å². The highest BCUT2D eigenvalue weighted by atomic mass is 35.5. The fourth-order valence-electron chi connectivity index (χ4n) is 3.05. The van der Waals surface area contributed by atoms with Crippen LogP contribution in [0, 0.1) is 0 Å². The first-order valence-corrected chi connectivity index (χ1v) is 8.35. The van der Waals surface area contributed by atoms with E-state index in [9.17, 15) is 0 Å². The summed E-state index contributed by atoms with van der Waals surface area (Å²) in [5.74, 6) is 0. The van der Waals surface area contributed by atoms with Gasteiger partial charge in [0.25, 0.3) is 0 Å². The van der Waals surface area contributed by atoms with Gasteiger partial charge < -0.3 is 5.32 Å². The van der Waals surface area contributed by atoms with Crippen LogP contribution in [0.2, 0.25) is 5.02 Å². The Kier molecular flexibility index (Phi) is 6.90. The highest BCUT2D eigenvalue weighted by Gasteiger charge is 2.24. The molecule has 126 valence electrons. The molecule has 23 heavy (non-hydrogen) atoms. The molecule has 0 amide bonds. The molecule has 1 aromatic carbocycles. The molecule has 3 rings (SSSR count). The van der Waals surface area contributed by atoms with Crippen molar-refractivity contribution in [3.8, 4) is 0 Å². The van der Waals surface area contributed by atoms with Crippen molar-refractivity contribution >= 4 is 24.0 Å². The van der Waals surface area contributed by atoms with E-state index in [1.165, 1.54) is 11.1 Å². The quantitative estimate of drug-likeness (QED) is 0.891. The number of aromatic nitrogens is 2. The summed E-state index contributed by atoms with van der Waals surface area (Å²) in [5.41, 5.74) is 2.56. The van der Waals surface area contributed by atoms with E-state index in [4.69, 9.17) is 11.6 Å². The summed E-state index contributed by atoms with van der Waals surface area (Å²) in [6.07, 6.45) is 5.27. The monoisotopic (exact) mass is 354 g/mol. The van der Waals surface area contributed by atoms with Gasteiger partial charge in [0, 0.05) is 55.5 Å². The van der Waals surface area contributed by atoms with E-state index in [0.717, 1.165) is 44.2 Å². The summed E-state index contributed by atoms with van der Waals surface area (Å²) in [7, 11) is 0. The lowest BCUT2D eigenvalue weighted by molar-refractivity contribution is 0.153. The van der Waals surface area contributed by atoms with Crippen molar-refractivity contribution in [2.45, 2.75) is 32.5 Å². The topological polar surface area (TPSA) is 33.1 Å². The number of hydrogen-bond donors (Lipinski definition) is 1. The van der Waals surface area contributed by atoms with E-state index >= 15 is 0 Å². The Bertz CT molecular complexity index is 614. The van der Waals surface area contributed by atoms with Gasteiger partial charge >= 0.3 is 0 Å². The molecule has 1 N–H and O–H groups in total. The maximum Gasteiger partial charge on any atom is 0.0534 e. The first kappa shape index (κ1) is 18.3. The second-order valence-electron chi connectivity index (χ2n) is 5.86. The Morgan fingerprint density at radius 1 is 1.39 bits per heavy atom. The molecule has 1 aromatic heterocycles. The van der Waals surface area contributed by atoms with Gasteiger partial charge in [-0.2, -0.15) is 5.10 Å². The van der Waals surface area contributed by atoms with Crippen LogP contribution in [-0.4, -0.2) is 34.3 Å². The molecule has 1 saturated heterocycles. The zero-order valence-electron chi connectivity index (χ0n) is 13.4. The van der Waals surface area contributed by atoms with E-state index in [1.807, 2.05) is 23.0 Å². The second kappa shape index (κ2) is 8.69. The molecule has 1 unspecified atom stereocenters. The van der Waals surface area contributed by atoms with Crippen LogP contribution in [0.1, 0.15) is 30.5 Å². The maximum absolute atomic E-state index is 6.16. The fourth-order valence-corrected chi connectivity index (χ4v) is 3.25. The van der Waals surface area contributed by atoms with Gasteiger partial charge in [-0.15, -0.1) is 12.4 Å². The molecule has 2 heterocycles. The Balaban J connectivity index is 0.00000192. The number of nitrogens with one attached hydrogen (secondary N) is 1. The minimum absolute atomic E-state index is 0. The van der Waals surface area contributed by atoms with Gasteiger partial charge in [-0.1, -0.05) is 30.7 Å². The van der Waals surface area contributed by atoms with E-state index < -0.39 is 0 Å². The minimum Gasteiger partial charge on any atom is -0.314 e. The van der Waals surface area contributed by atoms with E-state index in [0.29, 0.717) is 6.04 Å². The molecule has 4 nitrogen and oxygen atoms in total. The molecular formula is C17H24Cl2N4. The molecule has 0 spiro atoms. The molecule has 0 saturated carbocycles. The third kappa shape index (κ3) is 4.70. The van der Waals surface area contributed by atoms with E-state index in [1.54, 1.807) is 0 Å². The third-order valence-electron chi connectivity index (χ3n) is 4.11. The van der Waals surface area contributed by atoms with Crippen LogP contribution in [0.25, 0.3) is 0 Å². The fraction of sp³-hybridized carbons (Fsp3) is 0.471. The molecule has 0 radical (unpaired) electrons. The van der Waals surface area contributed by atoms with Crippen molar-refractivity contribution in [1.82, 2.24) is 20.0 Å². The SMILES string of the molecule is CCCn1cc(CN2CCNCC2c2cccc(Cl)c2)cn1.Cl. The number of benzene rings is 1. The molecule has 0 aliphatic carbocycles. The second-order valence-corrected chi connectivity index (χ2v) is 6.29. The molecule has 6 heteroatoms. The highest BCUT2D eigenvalue weighted by molar-refractivity contribution is 6.30. The van der Waals surface area contributed by atoms with Gasteiger partial charge in [-0.3, -0.25) is 9.58 Å². The number of hydrogen-bond acceptors (Lipinski definition) is 3. The maximum atomic E-state index is 6.16. The summed E-state index contributed by atoms with van der Waals surface area (Å²) >= 11 is 6.16. The highest BCUT2D eigenvalue weighted by Crippen LogP contribution is 2.26. The van der Waals surface area contributed by atoms with Gasteiger partial charge in [0.1, 0.15) is 0 Å². The zero-order chi connectivity index (χ0) is 15.4. The largest absolute Gasteiger partial charge is 0.314 e. The summed E-state index contributed by atoms with van der Waals surface area (Å²) in [6, 6.07) is 8.57. The van der Waals surface area contributed by atoms with Gasteiger partial charge in [-0.25, -0.2) is 0 Å². The van der Waals surface area contributed by atoms with Crippen molar-refractivity contribution in [3.63, 3.8) is 0 Å². The smallest absolute Gasteiger partial charge is 0.0534 e. The van der Waals surface area contributed by atoms with Crippen LogP contribution >= 0.6 is 24.0 Å². The Morgan fingerprint density at radius 3 is 3.04 bits per heavy atom. The first-order valence-electron chi connectivity index (χ1n) is 7.98. The number of aryl methyl sites for hydroxylation is 1. The van der Waals surface area contributed by atoms with Gasteiger partial charge in [0.05, 0.1) is 6.20 Å². The summed E-state index contributed by atoms with van der Waals surface area (Å²) < 4.78 is 2.03. The average Bonchev–Trinajstić information content (AvgIpc) is 2.95. The van der Waals surface area contributed by atoms with Gasteiger partial charge in [-0.05, 0) is 24.1 Å². The van der Waals surface area contributed by atoms with Crippen molar-refractivity contribution in [2.24, 2.45) is 0 Å². The summed E-state index contributed by atoms with van der Waals surface area (Å²) in [5, 5.41) is 8.73. The minimum atomic E-state index is 0. The zero-order valence-corrected chi connectivity index (χ0v) is 15.0. The molecular weight excluding hydrogens is 331 g/mol. The molecule has 1 aliphatic heterocycles. The molecule has 1 aliphatic rings. The van der Waals surface area contributed by atoms with Crippen molar-refractivity contribution in [2.75, 3.05) is 19.6 Å². The molecule has 1 fully saturated rings. The lowest BCUT2D eigenvalue weighted by atomic mass is 10.0. The number of nitrogens with zero attached hydrogens (tertiary/aromatic N) is 3. The van der Waals surface area contributed by atoms with Crippen LogP contribution in [0.5, 0.6) is 0 Å². The first-order chi connectivity index (χ1) is 10.8. The number of rotatable bonds is 5. The lowest BCUT2D eigenvalue weighted by Crippen LogP contribution is -2.45. The number of piperazine rings is 1. The molecule has 1 atom stereocenters. The van der Waals surface area contributed by atoms with Crippen molar-refractivity contribution in [1.29, 1.82) is 0 Å². The predicted octanol–water partition coefficient (Wildman–Crippen LogP) is 3.51. The Labute approximate surface area is 149 Å². The Morgan fingerprint density at radius 2 is 2.26 bits per heavy atom. The number of halogens is 2. The lowest BCUT2D eigenvalue weighted by Gasteiger charge is -2.36. The predicted molar refractivity (Wildman–Crippen MR) is 97.2 cm³/mol. The van der Waals surface area contributed by atoms with Crippen molar-refractivity contribution < 1.29 is 0 Å². The summed E-state index contributed by atoms with van der Waals surface area (Å²) in [6.45, 7) is 7.12. The standard InChI is InChI=1S/C17H23ClN4.ClH/c1-2-7-22-13-14(10-20-22)12-21-8-6-19-11-17(21)15-4-3-5-16(18)9-15;/h3-5,9-10,13,17,19H,2,6-8,11-12H2,1H3;1H.